The fourth-order valence-electron chi connectivity index (χ4n) is 1.54. The van der Waals surface area contributed by atoms with Crippen LogP contribution in [-0.2, 0) is 14.3 Å². The van der Waals surface area contributed by atoms with Crippen LogP contribution in [0.4, 0.5) is 0 Å². The zero-order valence-corrected chi connectivity index (χ0v) is 10.4. The van der Waals surface area contributed by atoms with E-state index >= 15 is 0 Å². The van der Waals surface area contributed by atoms with Gasteiger partial charge >= 0.3 is 0 Å². The zero-order valence-electron chi connectivity index (χ0n) is 9.62. The first-order chi connectivity index (χ1) is 7.96. The Morgan fingerprint density at radius 3 is 2.41 bits per heavy atom. The molecule has 0 radical (unpaired) electrons. The average Bonchev–Trinajstić information content (AvgIpc) is 2.25. The zero-order chi connectivity index (χ0) is 12.5. The predicted molar refractivity (Wildman–Crippen MR) is 61.7 cm³/mol. The Kier molecular flexibility index (Phi) is 3.26. The van der Waals surface area contributed by atoms with Crippen LogP contribution in [0.3, 0.4) is 0 Å². The second kappa shape index (κ2) is 4.54. The summed E-state index contributed by atoms with van der Waals surface area (Å²) in [6.45, 7) is 1.76. The number of hydrogen-bond donors (Lipinski definition) is 0. The van der Waals surface area contributed by atoms with Crippen LogP contribution >= 0.6 is 0 Å². The molecule has 2 rings (SSSR count). The third-order valence-electron chi connectivity index (χ3n) is 2.41. The first-order valence-corrected chi connectivity index (χ1v) is 7.04. The smallest absolute Gasteiger partial charge is 0.264 e. The summed E-state index contributed by atoms with van der Waals surface area (Å²) in [5.41, 5.74) is 0. The molecule has 1 aromatic rings. The first-order valence-electron chi connectivity index (χ1n) is 5.22. The highest BCUT2D eigenvalue weighted by atomic mass is 32.2. The topological polar surface area (TPSA) is 61.8 Å². The summed E-state index contributed by atoms with van der Waals surface area (Å²) < 4.78 is 37.8. The summed E-state index contributed by atoms with van der Waals surface area (Å²) in [6.07, 6.45) is 0.321. The minimum atomic E-state index is -3.46. The largest absolute Gasteiger partial charge is 0.483 e. The molecule has 0 N–H and O–H groups in total. The molecule has 0 spiro atoms. The van der Waals surface area contributed by atoms with E-state index in [1.807, 2.05) is 19.1 Å². The molecule has 5 nitrogen and oxygen atoms in total. The van der Waals surface area contributed by atoms with Gasteiger partial charge in [-0.1, -0.05) is 12.1 Å². The predicted octanol–water partition coefficient (Wildman–Crippen LogP) is 1.19. The number of para-hydroxylation sites is 2. The summed E-state index contributed by atoms with van der Waals surface area (Å²) in [7, 11) is -3.46. The van der Waals surface area contributed by atoms with Gasteiger partial charge in [-0.2, -0.15) is 8.42 Å². The van der Waals surface area contributed by atoms with Crippen LogP contribution < -0.4 is 9.47 Å². The van der Waals surface area contributed by atoms with Crippen molar-refractivity contribution in [2.75, 3.05) is 12.9 Å². The first kappa shape index (κ1) is 12.2. The molecule has 94 valence electrons. The van der Waals surface area contributed by atoms with Crippen LogP contribution in [0, 0.1) is 0 Å². The number of rotatable bonds is 3. The third kappa shape index (κ3) is 3.10. The van der Waals surface area contributed by atoms with Gasteiger partial charge in [-0.05, 0) is 19.1 Å². The van der Waals surface area contributed by atoms with Gasteiger partial charge in [-0.15, -0.1) is 0 Å². The van der Waals surface area contributed by atoms with Crippen LogP contribution in [0.25, 0.3) is 0 Å². The maximum absolute atomic E-state index is 10.9. The molecule has 0 bridgehead atoms. The molecule has 0 aromatic heterocycles. The summed E-state index contributed by atoms with van der Waals surface area (Å²) in [6, 6.07) is 7.25. The van der Waals surface area contributed by atoms with Crippen molar-refractivity contribution in [2.24, 2.45) is 0 Å². The monoisotopic (exact) mass is 258 g/mol. The molecule has 17 heavy (non-hydrogen) atoms. The van der Waals surface area contributed by atoms with E-state index in [-0.39, 0.29) is 12.7 Å². The van der Waals surface area contributed by atoms with Crippen molar-refractivity contribution < 1.29 is 22.1 Å². The van der Waals surface area contributed by atoms with Crippen molar-refractivity contribution in [3.63, 3.8) is 0 Å². The minimum absolute atomic E-state index is 0.0473. The van der Waals surface area contributed by atoms with E-state index in [2.05, 4.69) is 0 Å². The quantitative estimate of drug-likeness (QED) is 0.762. The van der Waals surface area contributed by atoms with Gasteiger partial charge in [0.25, 0.3) is 10.1 Å². The molecule has 0 aliphatic carbocycles. The lowest BCUT2D eigenvalue weighted by Gasteiger charge is -2.31. The standard InChI is InChI=1S/C11H14O5S/c1-8-11(7-14-17(2,12)13)16-10-6-4-3-5-9(10)15-8/h3-6,8,11H,7H2,1-2H3. The van der Waals surface area contributed by atoms with E-state index in [0.29, 0.717) is 11.5 Å². The number of fused-ring (bicyclic) bond motifs is 1. The third-order valence-corrected chi connectivity index (χ3v) is 2.97. The molecule has 1 aliphatic rings. The number of hydrogen-bond acceptors (Lipinski definition) is 5. The molecule has 1 aliphatic heterocycles. The molecule has 2 unspecified atom stereocenters. The summed E-state index contributed by atoms with van der Waals surface area (Å²) >= 11 is 0. The van der Waals surface area contributed by atoms with Gasteiger partial charge in [0.15, 0.2) is 17.6 Å². The SMILES string of the molecule is CC1Oc2ccccc2OC1COS(C)(=O)=O. The lowest BCUT2D eigenvalue weighted by molar-refractivity contribution is 0.00590. The maximum Gasteiger partial charge on any atom is 0.264 e. The Morgan fingerprint density at radius 1 is 1.24 bits per heavy atom. The minimum Gasteiger partial charge on any atom is -0.483 e. The molecule has 1 aromatic carbocycles. The van der Waals surface area contributed by atoms with Crippen LogP contribution in [-0.4, -0.2) is 33.5 Å². The molecule has 1 heterocycles. The van der Waals surface area contributed by atoms with Crippen molar-refractivity contribution in [3.05, 3.63) is 24.3 Å². The molecule has 6 heteroatoms. The Morgan fingerprint density at radius 2 is 1.82 bits per heavy atom. The Balaban J connectivity index is 2.07. The van der Waals surface area contributed by atoms with Crippen molar-refractivity contribution in [1.82, 2.24) is 0 Å². The molecular formula is C11H14O5S. The van der Waals surface area contributed by atoms with Gasteiger partial charge < -0.3 is 9.47 Å². The second-order valence-electron chi connectivity index (χ2n) is 3.91. The van der Waals surface area contributed by atoms with Crippen LogP contribution in [0.5, 0.6) is 11.5 Å². The summed E-state index contributed by atoms with van der Waals surface area (Å²) in [5, 5.41) is 0. The van der Waals surface area contributed by atoms with E-state index in [9.17, 15) is 8.42 Å². The molecule has 2 atom stereocenters. The van der Waals surface area contributed by atoms with Crippen molar-refractivity contribution in [1.29, 1.82) is 0 Å². The van der Waals surface area contributed by atoms with E-state index in [1.165, 1.54) is 0 Å². The van der Waals surface area contributed by atoms with E-state index in [1.54, 1.807) is 12.1 Å². The van der Waals surface area contributed by atoms with E-state index in [0.717, 1.165) is 6.26 Å². The number of ether oxygens (including phenoxy) is 2. The molecular weight excluding hydrogens is 244 g/mol. The second-order valence-corrected chi connectivity index (χ2v) is 5.56. The Hall–Kier alpha value is -1.27. The molecule has 0 saturated carbocycles. The molecule has 0 amide bonds. The van der Waals surface area contributed by atoms with Crippen LogP contribution in [0.1, 0.15) is 6.92 Å². The fraction of sp³-hybridized carbons (Fsp3) is 0.455. The van der Waals surface area contributed by atoms with Gasteiger partial charge in [0.2, 0.25) is 0 Å². The maximum atomic E-state index is 10.9. The van der Waals surface area contributed by atoms with Gasteiger partial charge in [0.05, 0.1) is 6.26 Å². The normalized spacial score (nSPS) is 23.4. The van der Waals surface area contributed by atoms with E-state index < -0.39 is 16.2 Å². The van der Waals surface area contributed by atoms with Crippen LogP contribution in [0.15, 0.2) is 24.3 Å². The average molecular weight is 258 g/mol. The molecule has 0 fully saturated rings. The summed E-state index contributed by atoms with van der Waals surface area (Å²) in [4.78, 5) is 0. The van der Waals surface area contributed by atoms with Crippen LogP contribution in [0.2, 0.25) is 0 Å². The molecule has 0 saturated heterocycles. The highest BCUT2D eigenvalue weighted by Gasteiger charge is 2.29. The Labute approximate surface area is 100 Å². The lowest BCUT2D eigenvalue weighted by Crippen LogP contribution is -2.41. The van der Waals surface area contributed by atoms with Crippen molar-refractivity contribution >= 4 is 10.1 Å². The van der Waals surface area contributed by atoms with Gasteiger partial charge in [0.1, 0.15) is 12.7 Å². The van der Waals surface area contributed by atoms with Gasteiger partial charge in [0, 0.05) is 0 Å². The van der Waals surface area contributed by atoms with Crippen molar-refractivity contribution in [3.8, 4) is 11.5 Å². The highest BCUT2D eigenvalue weighted by Crippen LogP contribution is 2.33. The van der Waals surface area contributed by atoms with Crippen molar-refractivity contribution in [2.45, 2.75) is 19.1 Å². The van der Waals surface area contributed by atoms with E-state index in [4.69, 9.17) is 13.7 Å². The highest BCUT2D eigenvalue weighted by molar-refractivity contribution is 7.85. The summed E-state index contributed by atoms with van der Waals surface area (Å²) in [5.74, 6) is 1.27. The van der Waals surface area contributed by atoms with Gasteiger partial charge in [-0.25, -0.2) is 0 Å². The van der Waals surface area contributed by atoms with Gasteiger partial charge in [-0.3, -0.25) is 4.18 Å². The number of benzene rings is 1. The lowest BCUT2D eigenvalue weighted by atomic mass is 10.2. The Bertz CT molecular complexity index is 496. The fourth-order valence-corrected chi connectivity index (χ4v) is 1.92.